The number of likely N-dealkylation sites (tertiary alicyclic amines) is 1. The van der Waals surface area contributed by atoms with Gasteiger partial charge in [0.2, 0.25) is 0 Å². The van der Waals surface area contributed by atoms with Crippen LogP contribution in [0.1, 0.15) is 23.2 Å². The third kappa shape index (κ3) is 3.37. The summed E-state index contributed by atoms with van der Waals surface area (Å²) >= 11 is 0. The van der Waals surface area contributed by atoms with Crippen molar-refractivity contribution in [1.82, 2.24) is 14.9 Å². The zero-order valence-corrected chi connectivity index (χ0v) is 11.7. The average Bonchev–Trinajstić information content (AvgIpc) is 2.56. The fourth-order valence-electron chi connectivity index (χ4n) is 2.50. The summed E-state index contributed by atoms with van der Waals surface area (Å²) in [6.07, 6.45) is 8.62. The fourth-order valence-corrected chi connectivity index (χ4v) is 2.50. The van der Waals surface area contributed by atoms with E-state index in [4.69, 9.17) is 4.74 Å². The van der Waals surface area contributed by atoms with E-state index in [-0.39, 0.29) is 12.0 Å². The number of carbonyl (C=O) groups excluding carboxylic acids is 1. The second-order valence-corrected chi connectivity index (χ2v) is 5.06. The third-order valence-corrected chi connectivity index (χ3v) is 3.53. The second kappa shape index (κ2) is 6.35. The molecule has 5 nitrogen and oxygen atoms in total. The monoisotopic (exact) mass is 283 g/mol. The van der Waals surface area contributed by atoms with Crippen molar-refractivity contribution in [1.29, 1.82) is 0 Å². The van der Waals surface area contributed by atoms with Gasteiger partial charge in [0.05, 0.1) is 12.1 Å². The normalized spacial score (nSPS) is 18.3. The van der Waals surface area contributed by atoms with Crippen LogP contribution in [-0.2, 0) is 0 Å². The SMILES string of the molecule is O=C(c1cccnc1)N1CCC[C@@H](Oc2ccncc2)C1. The molecule has 1 saturated heterocycles. The van der Waals surface area contributed by atoms with Crippen molar-refractivity contribution in [3.8, 4) is 5.75 Å². The first-order chi connectivity index (χ1) is 10.3. The number of piperidine rings is 1. The minimum atomic E-state index is 0.0196. The van der Waals surface area contributed by atoms with Crippen LogP contribution in [0.4, 0.5) is 0 Å². The number of hydrogen-bond donors (Lipinski definition) is 0. The van der Waals surface area contributed by atoms with E-state index < -0.39 is 0 Å². The molecule has 0 saturated carbocycles. The summed E-state index contributed by atoms with van der Waals surface area (Å²) in [4.78, 5) is 22.2. The lowest BCUT2D eigenvalue weighted by Gasteiger charge is -2.32. The Labute approximate surface area is 123 Å². The molecule has 1 amide bonds. The summed E-state index contributed by atoms with van der Waals surface area (Å²) in [7, 11) is 0. The highest BCUT2D eigenvalue weighted by Crippen LogP contribution is 2.19. The van der Waals surface area contributed by atoms with Gasteiger partial charge in [0.25, 0.3) is 5.91 Å². The Bertz CT molecular complexity index is 589. The zero-order chi connectivity index (χ0) is 14.5. The maximum Gasteiger partial charge on any atom is 0.255 e. The molecular weight excluding hydrogens is 266 g/mol. The number of carbonyl (C=O) groups is 1. The number of aromatic nitrogens is 2. The first-order valence-corrected chi connectivity index (χ1v) is 7.09. The van der Waals surface area contributed by atoms with Crippen LogP contribution in [0, 0.1) is 0 Å². The first-order valence-electron chi connectivity index (χ1n) is 7.09. The van der Waals surface area contributed by atoms with Crippen LogP contribution in [-0.4, -0.2) is 40.0 Å². The van der Waals surface area contributed by atoms with E-state index in [1.54, 1.807) is 36.9 Å². The minimum absolute atomic E-state index is 0.0196. The van der Waals surface area contributed by atoms with Crippen LogP contribution in [0.5, 0.6) is 5.75 Å². The summed E-state index contributed by atoms with van der Waals surface area (Å²) in [6, 6.07) is 7.24. The van der Waals surface area contributed by atoms with Crippen LogP contribution in [0.25, 0.3) is 0 Å². The predicted molar refractivity (Wildman–Crippen MR) is 78.0 cm³/mol. The smallest absolute Gasteiger partial charge is 0.255 e. The molecule has 0 unspecified atom stereocenters. The van der Waals surface area contributed by atoms with E-state index in [1.807, 2.05) is 17.0 Å². The molecule has 0 bridgehead atoms. The Morgan fingerprint density at radius 2 is 2.05 bits per heavy atom. The second-order valence-electron chi connectivity index (χ2n) is 5.06. The summed E-state index contributed by atoms with van der Waals surface area (Å²) in [6.45, 7) is 1.37. The lowest BCUT2D eigenvalue weighted by molar-refractivity contribution is 0.0537. The Morgan fingerprint density at radius 1 is 1.19 bits per heavy atom. The topological polar surface area (TPSA) is 55.3 Å². The van der Waals surface area contributed by atoms with Crippen molar-refractivity contribution in [2.45, 2.75) is 18.9 Å². The van der Waals surface area contributed by atoms with Gasteiger partial charge in [-0.15, -0.1) is 0 Å². The third-order valence-electron chi connectivity index (χ3n) is 3.53. The molecule has 21 heavy (non-hydrogen) atoms. The molecule has 1 aliphatic rings. The molecule has 5 heteroatoms. The summed E-state index contributed by atoms with van der Waals surface area (Å²) < 4.78 is 5.92. The van der Waals surface area contributed by atoms with Crippen LogP contribution in [0.15, 0.2) is 49.1 Å². The Morgan fingerprint density at radius 3 is 2.81 bits per heavy atom. The van der Waals surface area contributed by atoms with Gasteiger partial charge in [0.15, 0.2) is 0 Å². The molecule has 3 heterocycles. The van der Waals surface area contributed by atoms with Crippen molar-refractivity contribution in [2.75, 3.05) is 13.1 Å². The van der Waals surface area contributed by atoms with Crippen LogP contribution in [0.3, 0.4) is 0 Å². The number of hydrogen-bond acceptors (Lipinski definition) is 4. The van der Waals surface area contributed by atoms with E-state index in [1.165, 1.54) is 0 Å². The Kier molecular flexibility index (Phi) is 4.09. The van der Waals surface area contributed by atoms with E-state index in [2.05, 4.69) is 9.97 Å². The molecule has 0 spiro atoms. The van der Waals surface area contributed by atoms with Gasteiger partial charge in [-0.1, -0.05) is 0 Å². The minimum Gasteiger partial charge on any atom is -0.488 e. The molecule has 0 aliphatic carbocycles. The van der Waals surface area contributed by atoms with Crippen molar-refractivity contribution in [3.63, 3.8) is 0 Å². The molecule has 1 aliphatic heterocycles. The molecule has 1 fully saturated rings. The highest BCUT2D eigenvalue weighted by Gasteiger charge is 2.25. The zero-order valence-electron chi connectivity index (χ0n) is 11.7. The number of nitrogens with zero attached hydrogens (tertiary/aromatic N) is 3. The van der Waals surface area contributed by atoms with Crippen molar-refractivity contribution in [2.24, 2.45) is 0 Å². The van der Waals surface area contributed by atoms with Gasteiger partial charge in [0.1, 0.15) is 11.9 Å². The summed E-state index contributed by atoms with van der Waals surface area (Å²) in [5, 5.41) is 0. The van der Waals surface area contributed by atoms with Gasteiger partial charge in [-0.05, 0) is 37.1 Å². The fraction of sp³-hybridized carbons (Fsp3) is 0.312. The Hall–Kier alpha value is -2.43. The average molecular weight is 283 g/mol. The number of pyridine rings is 2. The summed E-state index contributed by atoms with van der Waals surface area (Å²) in [5.41, 5.74) is 0.627. The molecule has 1 atom stereocenters. The van der Waals surface area contributed by atoms with Gasteiger partial charge in [-0.2, -0.15) is 0 Å². The van der Waals surface area contributed by atoms with Gasteiger partial charge in [-0.3, -0.25) is 14.8 Å². The van der Waals surface area contributed by atoms with Gasteiger partial charge < -0.3 is 9.64 Å². The molecule has 3 rings (SSSR count). The van der Waals surface area contributed by atoms with Crippen LogP contribution < -0.4 is 4.74 Å². The number of amides is 1. The summed E-state index contributed by atoms with van der Waals surface area (Å²) in [5.74, 6) is 0.816. The number of rotatable bonds is 3. The van der Waals surface area contributed by atoms with Crippen molar-refractivity contribution in [3.05, 3.63) is 54.6 Å². The molecule has 2 aromatic rings. The maximum absolute atomic E-state index is 12.4. The highest BCUT2D eigenvalue weighted by molar-refractivity contribution is 5.93. The standard InChI is InChI=1S/C16H17N3O2/c20-16(13-3-1-7-18-11-13)19-10-2-4-15(12-19)21-14-5-8-17-9-6-14/h1,3,5-9,11,15H,2,4,10,12H2/t15-/m1/s1. The molecule has 0 N–H and O–H groups in total. The lowest BCUT2D eigenvalue weighted by Crippen LogP contribution is -2.44. The maximum atomic E-state index is 12.4. The van der Waals surface area contributed by atoms with E-state index in [0.29, 0.717) is 12.1 Å². The van der Waals surface area contributed by atoms with E-state index >= 15 is 0 Å². The van der Waals surface area contributed by atoms with Gasteiger partial charge in [0, 0.05) is 31.3 Å². The van der Waals surface area contributed by atoms with Gasteiger partial charge >= 0.3 is 0 Å². The molecule has 0 aromatic carbocycles. The first kappa shape index (κ1) is 13.5. The predicted octanol–water partition coefficient (Wildman–Crippen LogP) is 2.16. The van der Waals surface area contributed by atoms with Crippen molar-refractivity contribution >= 4 is 5.91 Å². The molecule has 2 aromatic heterocycles. The van der Waals surface area contributed by atoms with Gasteiger partial charge in [-0.25, -0.2) is 0 Å². The van der Waals surface area contributed by atoms with E-state index in [0.717, 1.165) is 25.1 Å². The quantitative estimate of drug-likeness (QED) is 0.866. The van der Waals surface area contributed by atoms with Crippen LogP contribution >= 0.6 is 0 Å². The molecule has 108 valence electrons. The number of ether oxygens (including phenoxy) is 1. The van der Waals surface area contributed by atoms with Crippen molar-refractivity contribution < 1.29 is 9.53 Å². The Balaban J connectivity index is 1.64. The largest absolute Gasteiger partial charge is 0.488 e. The molecular formula is C16H17N3O2. The lowest BCUT2D eigenvalue weighted by atomic mass is 10.1. The molecule has 0 radical (unpaired) electrons. The highest BCUT2D eigenvalue weighted by atomic mass is 16.5. The van der Waals surface area contributed by atoms with E-state index in [9.17, 15) is 4.79 Å². The van der Waals surface area contributed by atoms with Crippen LogP contribution in [0.2, 0.25) is 0 Å².